The highest BCUT2D eigenvalue weighted by atomic mass is 32.2. The number of hydrogen-bond donors (Lipinski definition) is 2. The van der Waals surface area contributed by atoms with Gasteiger partial charge in [0, 0.05) is 5.75 Å². The number of carbonyl (C=O) groups excluding carboxylic acids is 1. The van der Waals surface area contributed by atoms with Crippen LogP contribution in [-0.4, -0.2) is 41.3 Å². The Kier molecular flexibility index (Phi) is 3.02. The number of carboxylic acids is 1. The molecule has 1 saturated heterocycles. The van der Waals surface area contributed by atoms with Crippen molar-refractivity contribution in [3.05, 3.63) is 0 Å². The van der Waals surface area contributed by atoms with Gasteiger partial charge < -0.3 is 15.2 Å². The zero-order valence-electron chi connectivity index (χ0n) is 7.20. The quantitative estimate of drug-likeness (QED) is 0.678. The fourth-order valence-electron chi connectivity index (χ4n) is 1.13. The van der Waals surface area contributed by atoms with E-state index >= 15 is 0 Å². The monoisotopic (exact) mass is 205 g/mol. The second kappa shape index (κ2) is 3.87. The molecule has 1 heterocycles. The van der Waals surface area contributed by atoms with Crippen LogP contribution in [0.1, 0.15) is 6.42 Å². The molecule has 0 aromatic heterocycles. The van der Waals surface area contributed by atoms with E-state index in [1.807, 2.05) is 0 Å². The molecule has 0 saturated carbocycles. The van der Waals surface area contributed by atoms with E-state index in [9.17, 15) is 9.59 Å². The van der Waals surface area contributed by atoms with Gasteiger partial charge in [0.25, 0.3) is 0 Å². The first-order chi connectivity index (χ1) is 6.10. The number of carboxylic acid groups (broad SMARTS) is 1. The number of thioether (sulfide) groups is 1. The van der Waals surface area contributed by atoms with E-state index in [4.69, 9.17) is 5.11 Å². The summed E-state index contributed by atoms with van der Waals surface area (Å²) >= 11 is 1.51. The summed E-state index contributed by atoms with van der Waals surface area (Å²) in [5.41, 5.74) is -1.13. The van der Waals surface area contributed by atoms with Gasteiger partial charge in [-0.3, -0.25) is 0 Å². The summed E-state index contributed by atoms with van der Waals surface area (Å²) in [6, 6.07) is 0. The third-order valence-electron chi connectivity index (χ3n) is 1.96. The van der Waals surface area contributed by atoms with E-state index in [0.29, 0.717) is 12.2 Å². The maximum Gasteiger partial charge on any atom is 0.407 e. The lowest BCUT2D eigenvalue weighted by atomic mass is 10.00. The van der Waals surface area contributed by atoms with Crippen molar-refractivity contribution in [3.63, 3.8) is 0 Å². The van der Waals surface area contributed by atoms with Crippen LogP contribution in [-0.2, 0) is 9.53 Å². The van der Waals surface area contributed by atoms with Crippen molar-refractivity contribution < 1.29 is 19.4 Å². The van der Waals surface area contributed by atoms with E-state index in [1.54, 1.807) is 0 Å². The lowest BCUT2D eigenvalue weighted by Gasteiger charge is -2.23. The summed E-state index contributed by atoms with van der Waals surface area (Å²) in [4.78, 5) is 21.8. The highest BCUT2D eigenvalue weighted by molar-refractivity contribution is 7.99. The summed E-state index contributed by atoms with van der Waals surface area (Å²) in [6.45, 7) is 0. The van der Waals surface area contributed by atoms with E-state index in [-0.39, 0.29) is 0 Å². The molecule has 1 amide bonds. The first-order valence-electron chi connectivity index (χ1n) is 3.78. The van der Waals surface area contributed by atoms with Crippen LogP contribution in [0.2, 0.25) is 0 Å². The molecule has 0 radical (unpaired) electrons. The molecule has 0 spiro atoms. The Hall–Kier alpha value is -0.910. The zero-order valence-corrected chi connectivity index (χ0v) is 8.02. The normalized spacial score (nSPS) is 26.8. The van der Waals surface area contributed by atoms with E-state index in [0.717, 1.165) is 5.75 Å². The van der Waals surface area contributed by atoms with E-state index < -0.39 is 17.6 Å². The topological polar surface area (TPSA) is 75.6 Å². The van der Waals surface area contributed by atoms with E-state index in [1.165, 1.54) is 18.9 Å². The van der Waals surface area contributed by atoms with Gasteiger partial charge in [-0.25, -0.2) is 9.59 Å². The van der Waals surface area contributed by atoms with Gasteiger partial charge in [0.05, 0.1) is 7.11 Å². The summed E-state index contributed by atoms with van der Waals surface area (Å²) in [5.74, 6) is 0.149. The summed E-state index contributed by atoms with van der Waals surface area (Å²) in [7, 11) is 1.22. The van der Waals surface area contributed by atoms with Crippen LogP contribution in [0.15, 0.2) is 0 Å². The molecule has 1 fully saturated rings. The number of alkyl carbamates (subject to hydrolysis) is 1. The van der Waals surface area contributed by atoms with Crippen LogP contribution in [0.5, 0.6) is 0 Å². The molecule has 1 aliphatic heterocycles. The molecule has 1 unspecified atom stereocenters. The molecule has 6 heteroatoms. The van der Waals surface area contributed by atoms with Crippen molar-refractivity contribution in [2.45, 2.75) is 12.0 Å². The minimum Gasteiger partial charge on any atom is -0.479 e. The number of hydrogen-bond acceptors (Lipinski definition) is 4. The standard InChI is InChI=1S/C7H11NO4S/c1-12-6(11)8-7(5(9)10)2-3-13-4-7/h2-4H2,1H3,(H,8,11)(H,9,10). The molecule has 0 bridgehead atoms. The Balaban J connectivity index is 2.68. The fourth-order valence-corrected chi connectivity index (χ4v) is 2.46. The fraction of sp³-hybridized carbons (Fsp3) is 0.714. The predicted octanol–water partition coefficient (Wildman–Crippen LogP) is 0.303. The second-order valence-electron chi connectivity index (χ2n) is 2.81. The van der Waals surface area contributed by atoms with Crippen molar-refractivity contribution in [1.82, 2.24) is 5.32 Å². The first-order valence-corrected chi connectivity index (χ1v) is 4.93. The van der Waals surface area contributed by atoms with Crippen molar-refractivity contribution in [1.29, 1.82) is 0 Å². The molecule has 1 atom stereocenters. The third-order valence-corrected chi connectivity index (χ3v) is 3.15. The zero-order chi connectivity index (χ0) is 9.90. The predicted molar refractivity (Wildman–Crippen MR) is 47.8 cm³/mol. The number of nitrogens with one attached hydrogen (secondary N) is 1. The molecule has 74 valence electrons. The van der Waals surface area contributed by atoms with Gasteiger partial charge in [0.2, 0.25) is 0 Å². The minimum atomic E-state index is -1.13. The maximum absolute atomic E-state index is 10.9. The highest BCUT2D eigenvalue weighted by Gasteiger charge is 2.43. The van der Waals surface area contributed by atoms with Gasteiger partial charge in [-0.15, -0.1) is 0 Å². The third kappa shape index (κ3) is 2.06. The van der Waals surface area contributed by atoms with Crippen LogP contribution < -0.4 is 5.32 Å². The lowest BCUT2D eigenvalue weighted by molar-refractivity contribution is -0.143. The molecule has 1 rings (SSSR count). The minimum absolute atomic E-state index is 0.400. The first kappa shape index (κ1) is 10.2. The summed E-state index contributed by atoms with van der Waals surface area (Å²) in [5, 5.41) is 11.3. The Morgan fingerprint density at radius 1 is 1.62 bits per heavy atom. The van der Waals surface area contributed by atoms with Gasteiger partial charge in [-0.2, -0.15) is 11.8 Å². The van der Waals surface area contributed by atoms with Crippen LogP contribution in [0.3, 0.4) is 0 Å². The SMILES string of the molecule is COC(=O)NC1(C(=O)O)CCSC1. The van der Waals surface area contributed by atoms with Crippen molar-refractivity contribution >= 4 is 23.8 Å². The number of carbonyl (C=O) groups is 2. The number of methoxy groups -OCH3 is 1. The average molecular weight is 205 g/mol. The molecule has 2 N–H and O–H groups in total. The number of aliphatic carboxylic acids is 1. The van der Waals surface area contributed by atoms with Gasteiger partial charge >= 0.3 is 12.1 Å². The van der Waals surface area contributed by atoms with Gasteiger partial charge in [-0.05, 0) is 12.2 Å². The molecular formula is C7H11NO4S. The maximum atomic E-state index is 10.9. The molecule has 1 aliphatic rings. The highest BCUT2D eigenvalue weighted by Crippen LogP contribution is 2.28. The average Bonchev–Trinajstić information content (AvgIpc) is 2.54. The second-order valence-corrected chi connectivity index (χ2v) is 3.91. The molecule has 5 nitrogen and oxygen atoms in total. The van der Waals surface area contributed by atoms with Crippen molar-refractivity contribution in [2.24, 2.45) is 0 Å². The van der Waals surface area contributed by atoms with Gasteiger partial charge in [0.15, 0.2) is 5.54 Å². The number of amides is 1. The Bertz CT molecular complexity index is 225. The molecule has 0 aromatic rings. The Labute approximate surface area is 79.8 Å². The number of rotatable bonds is 2. The molecule has 0 aromatic carbocycles. The summed E-state index contributed by atoms with van der Waals surface area (Å²) < 4.78 is 4.36. The Morgan fingerprint density at radius 2 is 2.31 bits per heavy atom. The van der Waals surface area contributed by atoms with Gasteiger partial charge in [0.1, 0.15) is 0 Å². The van der Waals surface area contributed by atoms with Gasteiger partial charge in [-0.1, -0.05) is 0 Å². The Morgan fingerprint density at radius 3 is 2.69 bits per heavy atom. The van der Waals surface area contributed by atoms with Crippen molar-refractivity contribution in [3.8, 4) is 0 Å². The van der Waals surface area contributed by atoms with Crippen LogP contribution >= 0.6 is 11.8 Å². The molecule has 13 heavy (non-hydrogen) atoms. The molecule has 0 aliphatic carbocycles. The smallest absolute Gasteiger partial charge is 0.407 e. The summed E-state index contributed by atoms with van der Waals surface area (Å²) in [6.07, 6.45) is -0.243. The van der Waals surface area contributed by atoms with Crippen LogP contribution in [0.4, 0.5) is 4.79 Å². The lowest BCUT2D eigenvalue weighted by Crippen LogP contribution is -2.54. The number of ether oxygens (including phenoxy) is 1. The van der Waals surface area contributed by atoms with Crippen molar-refractivity contribution in [2.75, 3.05) is 18.6 Å². The van der Waals surface area contributed by atoms with E-state index in [2.05, 4.69) is 10.1 Å². The largest absolute Gasteiger partial charge is 0.479 e. The van der Waals surface area contributed by atoms with Crippen LogP contribution in [0.25, 0.3) is 0 Å². The van der Waals surface area contributed by atoms with Crippen LogP contribution in [0, 0.1) is 0 Å². The molecular weight excluding hydrogens is 194 g/mol.